The molecule has 0 saturated heterocycles. The van der Waals surface area contributed by atoms with Crippen LogP contribution in [0.3, 0.4) is 0 Å². The van der Waals surface area contributed by atoms with E-state index in [0.29, 0.717) is 5.92 Å². The normalized spacial score (nSPS) is 18.3. The van der Waals surface area contributed by atoms with Crippen LogP contribution in [-0.4, -0.2) is 4.98 Å². The minimum Gasteiger partial charge on any atom is -0.361 e. The monoisotopic (exact) mass is 220 g/mol. The van der Waals surface area contributed by atoms with E-state index in [2.05, 4.69) is 4.98 Å². The fraction of sp³-hybridized carbons (Fsp3) is 0.333. The molecule has 78 valence electrons. The molecule has 0 amide bonds. The van der Waals surface area contributed by atoms with Crippen molar-refractivity contribution in [2.24, 2.45) is 11.7 Å². The van der Waals surface area contributed by atoms with Gasteiger partial charge in [-0.15, -0.1) is 0 Å². The minimum atomic E-state index is 0.164. The Labute approximate surface area is 93.4 Å². The SMILES string of the molecule is NC(c1c[nH]c2ccc(Cl)cc12)C1CC1. The molecule has 1 aliphatic carbocycles. The van der Waals surface area contributed by atoms with Gasteiger partial charge in [0.15, 0.2) is 0 Å². The molecule has 1 heterocycles. The molecule has 3 heteroatoms. The van der Waals surface area contributed by atoms with Crippen LogP contribution in [0.4, 0.5) is 0 Å². The van der Waals surface area contributed by atoms with E-state index in [1.807, 2.05) is 24.4 Å². The Morgan fingerprint density at radius 3 is 2.93 bits per heavy atom. The molecule has 1 aromatic heterocycles. The third-order valence-corrected chi connectivity index (χ3v) is 3.40. The molecule has 1 atom stereocenters. The van der Waals surface area contributed by atoms with Crippen LogP contribution in [0, 0.1) is 5.92 Å². The van der Waals surface area contributed by atoms with Crippen LogP contribution in [0.25, 0.3) is 10.9 Å². The third-order valence-electron chi connectivity index (χ3n) is 3.16. The summed E-state index contributed by atoms with van der Waals surface area (Å²) in [5.41, 5.74) is 8.52. The average molecular weight is 221 g/mol. The first kappa shape index (κ1) is 9.25. The smallest absolute Gasteiger partial charge is 0.0458 e. The third kappa shape index (κ3) is 1.54. The van der Waals surface area contributed by atoms with Gasteiger partial charge in [-0.25, -0.2) is 0 Å². The second-order valence-electron chi connectivity index (χ2n) is 4.30. The number of benzene rings is 1. The van der Waals surface area contributed by atoms with Crippen LogP contribution in [-0.2, 0) is 0 Å². The van der Waals surface area contributed by atoms with Crippen molar-refractivity contribution in [1.82, 2.24) is 4.98 Å². The molecule has 0 aliphatic heterocycles. The summed E-state index contributed by atoms with van der Waals surface area (Å²) in [6.07, 6.45) is 4.53. The number of halogens is 1. The number of H-pyrrole nitrogens is 1. The van der Waals surface area contributed by atoms with Gasteiger partial charge in [0.25, 0.3) is 0 Å². The van der Waals surface area contributed by atoms with Gasteiger partial charge < -0.3 is 10.7 Å². The molecule has 2 nitrogen and oxygen atoms in total. The lowest BCUT2D eigenvalue weighted by Crippen LogP contribution is -2.11. The summed E-state index contributed by atoms with van der Waals surface area (Å²) >= 11 is 5.99. The van der Waals surface area contributed by atoms with Crippen molar-refractivity contribution in [3.63, 3.8) is 0 Å². The first-order chi connectivity index (χ1) is 7.25. The van der Waals surface area contributed by atoms with Crippen LogP contribution in [0.1, 0.15) is 24.4 Å². The fourth-order valence-corrected chi connectivity index (χ4v) is 2.27. The molecule has 15 heavy (non-hydrogen) atoms. The van der Waals surface area contributed by atoms with Crippen molar-refractivity contribution in [1.29, 1.82) is 0 Å². The van der Waals surface area contributed by atoms with Gasteiger partial charge in [0.2, 0.25) is 0 Å². The largest absolute Gasteiger partial charge is 0.361 e. The Bertz CT molecular complexity index is 499. The molecule has 1 aromatic carbocycles. The molecule has 1 saturated carbocycles. The molecule has 2 aromatic rings. The zero-order valence-electron chi connectivity index (χ0n) is 8.33. The van der Waals surface area contributed by atoms with Crippen LogP contribution >= 0.6 is 11.6 Å². The maximum absolute atomic E-state index is 6.20. The predicted molar refractivity (Wildman–Crippen MR) is 63.0 cm³/mol. The quantitative estimate of drug-likeness (QED) is 0.802. The van der Waals surface area contributed by atoms with Crippen molar-refractivity contribution in [3.05, 3.63) is 35.0 Å². The second-order valence-corrected chi connectivity index (χ2v) is 4.73. The van der Waals surface area contributed by atoms with Crippen molar-refractivity contribution in [2.75, 3.05) is 0 Å². The summed E-state index contributed by atoms with van der Waals surface area (Å²) in [5.74, 6) is 0.669. The van der Waals surface area contributed by atoms with E-state index in [-0.39, 0.29) is 6.04 Å². The van der Waals surface area contributed by atoms with E-state index in [9.17, 15) is 0 Å². The standard InChI is InChI=1S/C12H13ClN2/c13-8-3-4-11-9(5-8)10(6-15-11)12(14)7-1-2-7/h3-7,12,15H,1-2,14H2. The number of aromatic amines is 1. The van der Waals surface area contributed by atoms with Gasteiger partial charge in [-0.05, 0) is 42.5 Å². The predicted octanol–water partition coefficient (Wildman–Crippen LogP) is 3.23. The van der Waals surface area contributed by atoms with Gasteiger partial charge in [-0.2, -0.15) is 0 Å². The Kier molecular flexibility index (Phi) is 2.01. The number of aromatic nitrogens is 1. The van der Waals surface area contributed by atoms with Crippen LogP contribution in [0.5, 0.6) is 0 Å². The highest BCUT2D eigenvalue weighted by atomic mass is 35.5. The van der Waals surface area contributed by atoms with Gasteiger partial charge in [-0.3, -0.25) is 0 Å². The van der Waals surface area contributed by atoms with E-state index in [1.54, 1.807) is 0 Å². The van der Waals surface area contributed by atoms with E-state index in [4.69, 9.17) is 17.3 Å². The van der Waals surface area contributed by atoms with E-state index in [0.717, 1.165) is 10.5 Å². The number of rotatable bonds is 2. The Morgan fingerprint density at radius 2 is 2.20 bits per heavy atom. The van der Waals surface area contributed by atoms with Crippen molar-refractivity contribution in [3.8, 4) is 0 Å². The van der Waals surface area contributed by atoms with Crippen molar-refractivity contribution < 1.29 is 0 Å². The number of hydrogen-bond donors (Lipinski definition) is 2. The molecule has 0 radical (unpaired) electrons. The van der Waals surface area contributed by atoms with Gasteiger partial charge >= 0.3 is 0 Å². The molecule has 1 fully saturated rings. The van der Waals surface area contributed by atoms with Gasteiger partial charge in [0.05, 0.1) is 0 Å². The minimum absolute atomic E-state index is 0.164. The van der Waals surface area contributed by atoms with Gasteiger partial charge in [0, 0.05) is 28.2 Å². The molecular weight excluding hydrogens is 208 g/mol. The average Bonchev–Trinajstić information content (AvgIpc) is 2.98. The Morgan fingerprint density at radius 1 is 1.40 bits per heavy atom. The molecular formula is C12H13ClN2. The van der Waals surface area contributed by atoms with Crippen molar-refractivity contribution in [2.45, 2.75) is 18.9 Å². The maximum Gasteiger partial charge on any atom is 0.0458 e. The fourth-order valence-electron chi connectivity index (χ4n) is 2.10. The molecule has 0 bridgehead atoms. The number of hydrogen-bond acceptors (Lipinski definition) is 1. The van der Waals surface area contributed by atoms with Gasteiger partial charge in [-0.1, -0.05) is 11.6 Å². The number of nitrogens with one attached hydrogen (secondary N) is 1. The topological polar surface area (TPSA) is 41.8 Å². The molecule has 1 aliphatic rings. The van der Waals surface area contributed by atoms with Crippen LogP contribution in [0.15, 0.2) is 24.4 Å². The lowest BCUT2D eigenvalue weighted by Gasteiger charge is -2.08. The van der Waals surface area contributed by atoms with Gasteiger partial charge in [0.1, 0.15) is 0 Å². The highest BCUT2D eigenvalue weighted by Gasteiger charge is 2.30. The number of nitrogens with two attached hydrogens (primary N) is 1. The highest BCUT2D eigenvalue weighted by Crippen LogP contribution is 2.41. The lowest BCUT2D eigenvalue weighted by atomic mass is 10.0. The molecule has 0 spiro atoms. The lowest BCUT2D eigenvalue weighted by molar-refractivity contribution is 0.638. The summed E-state index contributed by atoms with van der Waals surface area (Å²) in [7, 11) is 0. The maximum atomic E-state index is 6.20. The zero-order valence-corrected chi connectivity index (χ0v) is 9.09. The summed E-state index contributed by atoms with van der Waals surface area (Å²) in [5, 5.41) is 1.94. The first-order valence-electron chi connectivity index (χ1n) is 5.28. The van der Waals surface area contributed by atoms with Crippen molar-refractivity contribution >= 4 is 22.5 Å². The highest BCUT2D eigenvalue weighted by molar-refractivity contribution is 6.31. The summed E-state index contributed by atoms with van der Waals surface area (Å²) in [6, 6.07) is 6.05. The second kappa shape index (κ2) is 3.26. The molecule has 1 unspecified atom stereocenters. The van der Waals surface area contributed by atoms with E-state index >= 15 is 0 Å². The Balaban J connectivity index is 2.13. The van der Waals surface area contributed by atoms with Crippen LogP contribution in [0.2, 0.25) is 5.02 Å². The number of fused-ring (bicyclic) bond motifs is 1. The summed E-state index contributed by atoms with van der Waals surface area (Å²) in [4.78, 5) is 3.24. The summed E-state index contributed by atoms with van der Waals surface area (Å²) < 4.78 is 0. The first-order valence-corrected chi connectivity index (χ1v) is 5.65. The Hall–Kier alpha value is -0.990. The molecule has 3 N–H and O–H groups in total. The summed E-state index contributed by atoms with van der Waals surface area (Å²) in [6.45, 7) is 0. The van der Waals surface area contributed by atoms with Crippen LogP contribution < -0.4 is 5.73 Å². The van der Waals surface area contributed by atoms with E-state index in [1.165, 1.54) is 23.8 Å². The van der Waals surface area contributed by atoms with E-state index < -0.39 is 0 Å². The zero-order chi connectivity index (χ0) is 10.4. The molecule has 3 rings (SSSR count).